The Balaban J connectivity index is 1.64. The number of benzene rings is 1. The average molecular weight is 378 g/mol. The van der Waals surface area contributed by atoms with Crippen molar-refractivity contribution in [1.29, 1.82) is 0 Å². The van der Waals surface area contributed by atoms with Gasteiger partial charge in [0.2, 0.25) is 0 Å². The largest absolute Gasteiger partial charge is 0.376 e. The molecule has 3 heterocycles. The number of rotatable bonds is 5. The summed E-state index contributed by atoms with van der Waals surface area (Å²) in [5.41, 5.74) is 1.71. The Morgan fingerprint density at radius 1 is 1.29 bits per heavy atom. The van der Waals surface area contributed by atoms with E-state index in [-0.39, 0.29) is 17.6 Å². The second-order valence-corrected chi connectivity index (χ2v) is 7.03. The molecule has 0 radical (unpaired) electrons. The van der Waals surface area contributed by atoms with Crippen LogP contribution in [0.3, 0.4) is 0 Å². The Hall–Kier alpha value is -3.06. The van der Waals surface area contributed by atoms with Crippen LogP contribution in [0.2, 0.25) is 0 Å². The van der Waals surface area contributed by atoms with Crippen LogP contribution < -0.4 is 5.56 Å². The quantitative estimate of drug-likeness (QED) is 0.680. The average Bonchev–Trinajstić information content (AvgIpc) is 3.23. The Bertz CT molecular complexity index is 1040. The molecule has 0 spiro atoms. The van der Waals surface area contributed by atoms with Gasteiger partial charge >= 0.3 is 0 Å². The fraction of sp³-hybridized carbons (Fsp3) is 0.333. The van der Waals surface area contributed by atoms with Gasteiger partial charge in [-0.3, -0.25) is 14.6 Å². The minimum absolute atomic E-state index is 0.0403. The zero-order valence-corrected chi connectivity index (χ0v) is 15.7. The Kier molecular flexibility index (Phi) is 5.16. The van der Waals surface area contributed by atoms with Gasteiger partial charge in [0, 0.05) is 32.0 Å². The highest BCUT2D eigenvalue weighted by molar-refractivity contribution is 5.97. The molecule has 144 valence electrons. The van der Waals surface area contributed by atoms with E-state index in [9.17, 15) is 9.59 Å². The van der Waals surface area contributed by atoms with Gasteiger partial charge in [0.15, 0.2) is 0 Å². The third-order valence-corrected chi connectivity index (χ3v) is 4.98. The van der Waals surface area contributed by atoms with Crippen molar-refractivity contribution in [2.75, 3.05) is 13.2 Å². The van der Waals surface area contributed by atoms with Crippen LogP contribution in [-0.2, 0) is 18.3 Å². The van der Waals surface area contributed by atoms with Crippen LogP contribution in [0.5, 0.6) is 0 Å². The van der Waals surface area contributed by atoms with Gasteiger partial charge in [0.25, 0.3) is 11.5 Å². The summed E-state index contributed by atoms with van der Waals surface area (Å²) in [6.07, 6.45) is 5.19. The lowest BCUT2D eigenvalue weighted by Crippen LogP contribution is -2.37. The minimum atomic E-state index is -0.131. The van der Waals surface area contributed by atoms with Gasteiger partial charge in [0.05, 0.1) is 35.6 Å². The highest BCUT2D eigenvalue weighted by Crippen LogP contribution is 2.18. The number of amides is 1. The molecule has 1 amide bonds. The normalized spacial score (nSPS) is 16.4. The zero-order chi connectivity index (χ0) is 19.5. The summed E-state index contributed by atoms with van der Waals surface area (Å²) in [6.45, 7) is 1.65. The molecule has 2 aromatic heterocycles. The highest BCUT2D eigenvalue weighted by Gasteiger charge is 2.24. The van der Waals surface area contributed by atoms with Crippen molar-refractivity contribution < 1.29 is 9.53 Å². The maximum atomic E-state index is 13.3. The van der Waals surface area contributed by atoms with Crippen molar-refractivity contribution in [1.82, 2.24) is 19.4 Å². The fourth-order valence-corrected chi connectivity index (χ4v) is 3.47. The molecule has 0 N–H and O–H groups in total. The second-order valence-electron chi connectivity index (χ2n) is 7.03. The number of fused-ring (bicyclic) bond motifs is 1. The SMILES string of the molecule is Cn1cnc2cc(C(=O)N(Cc3ccccn3)CC3CCCO3)ccc2c1=O. The maximum Gasteiger partial charge on any atom is 0.260 e. The zero-order valence-electron chi connectivity index (χ0n) is 15.7. The summed E-state index contributed by atoms with van der Waals surface area (Å²) < 4.78 is 7.16. The monoisotopic (exact) mass is 378 g/mol. The van der Waals surface area contributed by atoms with Gasteiger partial charge in [-0.1, -0.05) is 6.07 Å². The summed E-state index contributed by atoms with van der Waals surface area (Å²) >= 11 is 0. The number of carbonyl (C=O) groups excluding carboxylic acids is 1. The summed E-state index contributed by atoms with van der Waals surface area (Å²) in [6, 6.07) is 10.7. The number of nitrogens with zero attached hydrogens (tertiary/aromatic N) is 4. The molecule has 1 atom stereocenters. The molecule has 3 aromatic rings. The molecule has 28 heavy (non-hydrogen) atoms. The van der Waals surface area contributed by atoms with E-state index in [1.165, 1.54) is 10.9 Å². The number of pyridine rings is 1. The third kappa shape index (κ3) is 3.80. The Morgan fingerprint density at radius 3 is 2.93 bits per heavy atom. The van der Waals surface area contributed by atoms with Crippen LogP contribution in [-0.4, -0.2) is 44.6 Å². The summed E-state index contributed by atoms with van der Waals surface area (Å²) in [5, 5.41) is 0.497. The van der Waals surface area contributed by atoms with Crippen molar-refractivity contribution in [2.45, 2.75) is 25.5 Å². The van der Waals surface area contributed by atoms with E-state index in [2.05, 4.69) is 9.97 Å². The predicted molar refractivity (Wildman–Crippen MR) is 105 cm³/mol. The Morgan fingerprint density at radius 2 is 2.18 bits per heavy atom. The molecular formula is C21H22N4O3. The topological polar surface area (TPSA) is 77.3 Å². The van der Waals surface area contributed by atoms with Crippen molar-refractivity contribution in [3.8, 4) is 0 Å². The van der Waals surface area contributed by atoms with Crippen molar-refractivity contribution in [3.63, 3.8) is 0 Å². The predicted octanol–water partition coefficient (Wildman–Crippen LogP) is 2.15. The lowest BCUT2D eigenvalue weighted by atomic mass is 10.1. The van der Waals surface area contributed by atoms with Gasteiger partial charge < -0.3 is 14.2 Å². The minimum Gasteiger partial charge on any atom is -0.376 e. The molecule has 1 aromatic carbocycles. The number of hydrogen-bond donors (Lipinski definition) is 0. The summed E-state index contributed by atoms with van der Waals surface area (Å²) in [5.74, 6) is -0.120. The van der Waals surface area contributed by atoms with Crippen LogP contribution in [0.15, 0.2) is 53.7 Å². The number of aryl methyl sites for hydroxylation is 1. The molecule has 4 rings (SSSR count). The summed E-state index contributed by atoms with van der Waals surface area (Å²) in [7, 11) is 1.66. The molecule has 0 bridgehead atoms. The first-order chi connectivity index (χ1) is 13.6. The maximum absolute atomic E-state index is 13.3. The Labute approximate surface area is 162 Å². The van der Waals surface area contributed by atoms with Gasteiger partial charge in [-0.05, 0) is 43.2 Å². The number of carbonyl (C=O) groups is 1. The smallest absolute Gasteiger partial charge is 0.260 e. The first-order valence-electron chi connectivity index (χ1n) is 9.38. The standard InChI is InChI=1S/C21H22N4O3/c1-24-14-23-19-11-15(7-8-18(19)21(24)27)20(26)25(13-17-6-4-10-28-17)12-16-5-2-3-9-22-16/h2-3,5,7-9,11,14,17H,4,6,10,12-13H2,1H3. The van der Waals surface area contributed by atoms with Gasteiger partial charge in [-0.2, -0.15) is 0 Å². The van der Waals surface area contributed by atoms with Gasteiger partial charge in [0.1, 0.15) is 0 Å². The number of aromatic nitrogens is 3. The molecule has 0 saturated carbocycles. The number of ether oxygens (including phenoxy) is 1. The molecule has 7 nitrogen and oxygen atoms in total. The molecule has 1 aliphatic heterocycles. The van der Waals surface area contributed by atoms with E-state index >= 15 is 0 Å². The van der Waals surface area contributed by atoms with E-state index < -0.39 is 0 Å². The van der Waals surface area contributed by atoms with Crippen LogP contribution in [0.1, 0.15) is 28.9 Å². The molecule has 1 unspecified atom stereocenters. The lowest BCUT2D eigenvalue weighted by molar-refractivity contribution is 0.0504. The van der Waals surface area contributed by atoms with Crippen LogP contribution in [0.25, 0.3) is 10.9 Å². The number of hydrogen-bond acceptors (Lipinski definition) is 5. The molecule has 7 heteroatoms. The third-order valence-electron chi connectivity index (χ3n) is 4.98. The first-order valence-corrected chi connectivity index (χ1v) is 9.38. The second kappa shape index (κ2) is 7.90. The van der Waals surface area contributed by atoms with E-state index in [0.29, 0.717) is 29.6 Å². The van der Waals surface area contributed by atoms with E-state index in [4.69, 9.17) is 4.74 Å². The highest BCUT2D eigenvalue weighted by atomic mass is 16.5. The van der Waals surface area contributed by atoms with Crippen molar-refractivity contribution >= 4 is 16.8 Å². The van der Waals surface area contributed by atoms with Gasteiger partial charge in [-0.15, -0.1) is 0 Å². The molecule has 1 saturated heterocycles. The van der Waals surface area contributed by atoms with Crippen molar-refractivity contribution in [2.24, 2.45) is 7.05 Å². The molecule has 1 aliphatic rings. The lowest BCUT2D eigenvalue weighted by Gasteiger charge is -2.25. The van der Waals surface area contributed by atoms with E-state index in [0.717, 1.165) is 25.1 Å². The molecular weight excluding hydrogens is 356 g/mol. The van der Waals surface area contributed by atoms with Crippen molar-refractivity contribution in [3.05, 3.63) is 70.5 Å². The first kappa shape index (κ1) is 18.3. The van der Waals surface area contributed by atoms with Crippen LogP contribution in [0, 0.1) is 0 Å². The van der Waals surface area contributed by atoms with E-state index in [1.807, 2.05) is 18.2 Å². The summed E-state index contributed by atoms with van der Waals surface area (Å²) in [4.78, 5) is 35.9. The van der Waals surface area contributed by atoms with E-state index in [1.54, 1.807) is 36.3 Å². The molecule has 0 aliphatic carbocycles. The molecule has 1 fully saturated rings. The van der Waals surface area contributed by atoms with Crippen LogP contribution in [0.4, 0.5) is 0 Å². The van der Waals surface area contributed by atoms with Gasteiger partial charge in [-0.25, -0.2) is 4.98 Å². The van der Waals surface area contributed by atoms with Crippen LogP contribution >= 0.6 is 0 Å². The fourth-order valence-electron chi connectivity index (χ4n) is 3.47.